The molecule has 26 heavy (non-hydrogen) atoms. The molecule has 1 aliphatic carbocycles. The molecule has 1 saturated carbocycles. The molecular formula is C20H32N3O2S+. The molecule has 1 aromatic carbocycles. The second-order valence-electron chi connectivity index (χ2n) is 7.32. The molecule has 3 N–H and O–H groups in total. The molecule has 6 heteroatoms. The van der Waals surface area contributed by atoms with Gasteiger partial charge in [-0.3, -0.25) is 0 Å². The molecule has 1 aliphatic heterocycles. The summed E-state index contributed by atoms with van der Waals surface area (Å²) in [6.07, 6.45) is 6.57. The van der Waals surface area contributed by atoms with E-state index in [0.717, 1.165) is 44.3 Å². The number of quaternary nitrogens is 1. The van der Waals surface area contributed by atoms with Crippen LogP contribution in [0.2, 0.25) is 0 Å². The molecule has 144 valence electrons. The van der Waals surface area contributed by atoms with E-state index >= 15 is 0 Å². The number of ether oxygens (including phenoxy) is 2. The number of anilines is 1. The van der Waals surface area contributed by atoms with E-state index in [1.54, 1.807) is 4.90 Å². The Bertz CT molecular complexity index is 567. The number of thiocarbonyl (C=S) groups is 1. The number of rotatable bonds is 6. The molecule has 0 atom stereocenters. The van der Waals surface area contributed by atoms with Crippen LogP contribution in [-0.4, -0.2) is 50.1 Å². The maximum atomic E-state index is 5.58. The third-order valence-electron chi connectivity index (χ3n) is 5.67. The first kappa shape index (κ1) is 19.4. The summed E-state index contributed by atoms with van der Waals surface area (Å²) in [5, 5.41) is 7.51. The van der Waals surface area contributed by atoms with Crippen LogP contribution in [0.15, 0.2) is 24.3 Å². The van der Waals surface area contributed by atoms with Crippen LogP contribution < -0.4 is 20.3 Å². The van der Waals surface area contributed by atoms with E-state index in [-0.39, 0.29) is 0 Å². The van der Waals surface area contributed by atoms with Crippen LogP contribution in [-0.2, 0) is 4.74 Å². The maximum Gasteiger partial charge on any atom is 0.171 e. The van der Waals surface area contributed by atoms with E-state index in [1.165, 1.54) is 32.1 Å². The molecule has 0 radical (unpaired) electrons. The summed E-state index contributed by atoms with van der Waals surface area (Å²) in [7, 11) is 0. The Kier molecular flexibility index (Phi) is 7.11. The minimum Gasteiger partial charge on any atom is -0.494 e. The minimum absolute atomic E-state index is 0.298. The summed E-state index contributed by atoms with van der Waals surface area (Å²) in [4.78, 5) is 1.69. The van der Waals surface area contributed by atoms with E-state index in [4.69, 9.17) is 21.7 Å². The van der Waals surface area contributed by atoms with Gasteiger partial charge in [0, 0.05) is 18.5 Å². The Morgan fingerprint density at radius 2 is 1.85 bits per heavy atom. The highest BCUT2D eigenvalue weighted by molar-refractivity contribution is 7.80. The molecule has 3 rings (SSSR count). The molecule has 0 amide bonds. The Labute approximate surface area is 162 Å². The van der Waals surface area contributed by atoms with Crippen molar-refractivity contribution in [3.63, 3.8) is 0 Å². The highest BCUT2D eigenvalue weighted by Crippen LogP contribution is 2.25. The molecule has 0 unspecified atom stereocenters. The number of nitrogens with one attached hydrogen (secondary N) is 3. The minimum atomic E-state index is 0.298. The summed E-state index contributed by atoms with van der Waals surface area (Å²) in [5.74, 6) is 0.883. The van der Waals surface area contributed by atoms with E-state index in [1.807, 2.05) is 31.2 Å². The molecule has 2 aliphatic rings. The third-order valence-corrected chi connectivity index (χ3v) is 5.91. The fourth-order valence-electron chi connectivity index (χ4n) is 4.26. The van der Waals surface area contributed by atoms with Gasteiger partial charge in [0.25, 0.3) is 0 Å². The van der Waals surface area contributed by atoms with Crippen molar-refractivity contribution >= 4 is 23.0 Å². The lowest BCUT2D eigenvalue weighted by Crippen LogP contribution is -3.23. The Morgan fingerprint density at radius 3 is 2.50 bits per heavy atom. The Hall–Kier alpha value is -1.37. The average molecular weight is 379 g/mol. The van der Waals surface area contributed by atoms with Gasteiger partial charge in [0.2, 0.25) is 0 Å². The van der Waals surface area contributed by atoms with Gasteiger partial charge in [-0.05, 0) is 56.2 Å². The van der Waals surface area contributed by atoms with Gasteiger partial charge in [0.15, 0.2) is 5.11 Å². The van der Waals surface area contributed by atoms with Crippen molar-refractivity contribution in [3.05, 3.63) is 24.3 Å². The van der Waals surface area contributed by atoms with E-state index in [2.05, 4.69) is 10.6 Å². The van der Waals surface area contributed by atoms with Crippen LogP contribution in [0.4, 0.5) is 5.69 Å². The zero-order valence-electron chi connectivity index (χ0n) is 15.8. The van der Waals surface area contributed by atoms with Crippen LogP contribution in [0.25, 0.3) is 0 Å². The lowest BCUT2D eigenvalue weighted by molar-refractivity contribution is -0.960. The van der Waals surface area contributed by atoms with Gasteiger partial charge >= 0.3 is 0 Å². The highest BCUT2D eigenvalue weighted by Gasteiger charge is 2.42. The second kappa shape index (κ2) is 9.53. The van der Waals surface area contributed by atoms with E-state index in [0.29, 0.717) is 17.3 Å². The van der Waals surface area contributed by atoms with Gasteiger partial charge in [-0.1, -0.05) is 6.42 Å². The molecule has 2 fully saturated rings. The number of hydrogen-bond acceptors (Lipinski definition) is 3. The lowest BCUT2D eigenvalue weighted by atomic mass is 9.80. The average Bonchev–Trinajstić information content (AvgIpc) is 2.70. The van der Waals surface area contributed by atoms with Crippen LogP contribution in [0.3, 0.4) is 0 Å². The fourth-order valence-corrected chi connectivity index (χ4v) is 4.45. The van der Waals surface area contributed by atoms with Gasteiger partial charge < -0.3 is 25.0 Å². The largest absolute Gasteiger partial charge is 0.494 e. The number of benzene rings is 1. The van der Waals surface area contributed by atoms with Gasteiger partial charge in [-0.15, -0.1) is 0 Å². The Morgan fingerprint density at radius 1 is 1.15 bits per heavy atom. The molecule has 0 spiro atoms. The SMILES string of the molecule is CCOc1ccc(NC(=S)NCC2([NH+]3CCOCC3)CCCCC2)cc1. The first-order chi connectivity index (χ1) is 12.7. The van der Waals surface area contributed by atoms with Crippen LogP contribution >= 0.6 is 12.2 Å². The van der Waals surface area contributed by atoms with Gasteiger partial charge in [-0.2, -0.15) is 0 Å². The molecule has 1 saturated heterocycles. The summed E-state index contributed by atoms with van der Waals surface area (Å²) >= 11 is 5.55. The molecule has 1 aromatic rings. The first-order valence-electron chi connectivity index (χ1n) is 9.92. The molecule has 1 heterocycles. The van der Waals surface area contributed by atoms with Crippen molar-refractivity contribution in [3.8, 4) is 5.75 Å². The van der Waals surface area contributed by atoms with E-state index < -0.39 is 0 Å². The van der Waals surface area contributed by atoms with Gasteiger partial charge in [0.05, 0.1) is 26.4 Å². The van der Waals surface area contributed by atoms with E-state index in [9.17, 15) is 0 Å². The summed E-state index contributed by atoms with van der Waals surface area (Å²) in [5.41, 5.74) is 1.29. The standard InChI is InChI=1S/C20H31N3O2S/c1-2-25-18-8-6-17(7-9-18)22-19(26)21-16-20(10-4-3-5-11-20)23-12-14-24-15-13-23/h6-9H,2-5,10-16H2,1H3,(H2,21,22,26)/p+1. The fraction of sp³-hybridized carbons (Fsp3) is 0.650. The Balaban J connectivity index is 1.55. The van der Waals surface area contributed by atoms with Gasteiger partial charge in [-0.25, -0.2) is 0 Å². The van der Waals surface area contributed by atoms with Crippen molar-refractivity contribution in [1.82, 2.24) is 5.32 Å². The van der Waals surface area contributed by atoms with Crippen molar-refractivity contribution in [1.29, 1.82) is 0 Å². The predicted octanol–water partition coefficient (Wildman–Crippen LogP) is 1.99. The third kappa shape index (κ3) is 5.09. The number of hydrogen-bond donors (Lipinski definition) is 3. The zero-order valence-corrected chi connectivity index (χ0v) is 16.6. The highest BCUT2D eigenvalue weighted by atomic mass is 32.1. The predicted molar refractivity (Wildman–Crippen MR) is 109 cm³/mol. The maximum absolute atomic E-state index is 5.58. The second-order valence-corrected chi connectivity index (χ2v) is 7.73. The lowest BCUT2D eigenvalue weighted by Gasteiger charge is -2.45. The van der Waals surface area contributed by atoms with Crippen molar-refractivity contribution in [2.45, 2.75) is 44.6 Å². The van der Waals surface area contributed by atoms with Crippen LogP contribution in [0.5, 0.6) is 5.75 Å². The van der Waals surface area contributed by atoms with Crippen LogP contribution in [0, 0.1) is 0 Å². The van der Waals surface area contributed by atoms with Crippen LogP contribution in [0.1, 0.15) is 39.0 Å². The van der Waals surface area contributed by atoms with Gasteiger partial charge in [0.1, 0.15) is 24.4 Å². The van der Waals surface area contributed by atoms with Crippen molar-refractivity contribution in [2.24, 2.45) is 0 Å². The quantitative estimate of drug-likeness (QED) is 0.661. The normalized spacial score (nSPS) is 20.3. The molecule has 0 aromatic heterocycles. The summed E-state index contributed by atoms with van der Waals surface area (Å²) in [6.45, 7) is 7.59. The first-order valence-corrected chi connectivity index (χ1v) is 10.3. The zero-order chi connectivity index (χ0) is 18.2. The molecule has 5 nitrogen and oxygen atoms in total. The molecular weight excluding hydrogens is 346 g/mol. The van der Waals surface area contributed by atoms with Crippen molar-refractivity contribution < 1.29 is 14.4 Å². The number of morpholine rings is 1. The monoisotopic (exact) mass is 378 g/mol. The topological polar surface area (TPSA) is 47.0 Å². The smallest absolute Gasteiger partial charge is 0.171 e. The summed E-state index contributed by atoms with van der Waals surface area (Å²) < 4.78 is 11.1. The van der Waals surface area contributed by atoms with Crippen molar-refractivity contribution in [2.75, 3.05) is 44.8 Å². The molecule has 0 bridgehead atoms. The summed E-state index contributed by atoms with van der Waals surface area (Å²) in [6, 6.07) is 7.94.